The summed E-state index contributed by atoms with van der Waals surface area (Å²) >= 11 is 0. The predicted molar refractivity (Wildman–Crippen MR) is 144 cm³/mol. The summed E-state index contributed by atoms with van der Waals surface area (Å²) < 4.78 is 0. The van der Waals surface area contributed by atoms with E-state index in [-0.39, 0.29) is 31.3 Å². The van der Waals surface area contributed by atoms with Gasteiger partial charge in [-0.25, -0.2) is 0 Å². The van der Waals surface area contributed by atoms with E-state index < -0.39 is 47.9 Å². The number of H-pyrrole nitrogens is 1. The second-order valence-electron chi connectivity index (χ2n) is 9.48. The van der Waals surface area contributed by atoms with Gasteiger partial charge in [-0.2, -0.15) is 0 Å². The van der Waals surface area contributed by atoms with E-state index >= 15 is 0 Å². The molecule has 0 radical (unpaired) electrons. The molecule has 0 spiro atoms. The Morgan fingerprint density at radius 3 is 2.32 bits per heavy atom. The average Bonchev–Trinajstić information content (AvgIpc) is 3.26. The van der Waals surface area contributed by atoms with Crippen molar-refractivity contribution in [2.24, 2.45) is 28.1 Å². The Kier molecular flexibility index (Phi) is 11.1. The summed E-state index contributed by atoms with van der Waals surface area (Å²) in [5.74, 6) is -3.46. The van der Waals surface area contributed by atoms with E-state index in [9.17, 15) is 19.2 Å². The molecule has 38 heavy (non-hydrogen) atoms. The van der Waals surface area contributed by atoms with Gasteiger partial charge in [-0.05, 0) is 43.7 Å². The fourth-order valence-corrected chi connectivity index (χ4v) is 3.83. The lowest BCUT2D eigenvalue weighted by molar-refractivity contribution is -0.141. The van der Waals surface area contributed by atoms with Crippen LogP contribution in [0.15, 0.2) is 35.5 Å². The second kappa shape index (κ2) is 14.0. The molecule has 0 aliphatic heterocycles. The first-order chi connectivity index (χ1) is 17.9. The zero-order valence-corrected chi connectivity index (χ0v) is 21.9. The number of aromatic nitrogens is 1. The monoisotopic (exact) mass is 530 g/mol. The number of carbonyl (C=O) groups is 4. The fourth-order valence-electron chi connectivity index (χ4n) is 3.83. The summed E-state index contributed by atoms with van der Waals surface area (Å²) in [6, 6.07) is 3.51. The van der Waals surface area contributed by atoms with Crippen molar-refractivity contribution in [1.29, 1.82) is 0 Å². The number of guanidine groups is 1. The molecule has 0 fully saturated rings. The molecule has 4 unspecified atom stereocenters. The molecule has 0 bridgehead atoms. The molecule has 208 valence electrons. The molecule has 0 aliphatic carbocycles. The number of amides is 3. The van der Waals surface area contributed by atoms with Crippen molar-refractivity contribution in [3.8, 4) is 0 Å². The number of carboxylic acids is 1. The van der Waals surface area contributed by atoms with E-state index in [0.29, 0.717) is 6.42 Å². The molecule has 3 amide bonds. The highest BCUT2D eigenvalue weighted by molar-refractivity contribution is 5.94. The number of hydrogen-bond acceptors (Lipinski definition) is 6. The van der Waals surface area contributed by atoms with Crippen LogP contribution in [-0.4, -0.2) is 70.5 Å². The Hall–Kier alpha value is -4.13. The number of aliphatic imine (C=N–C) groups is 1. The average molecular weight is 531 g/mol. The third-order valence-electron chi connectivity index (χ3n) is 6.01. The van der Waals surface area contributed by atoms with Crippen molar-refractivity contribution < 1.29 is 24.3 Å². The van der Waals surface area contributed by atoms with Crippen molar-refractivity contribution >= 4 is 40.6 Å². The van der Waals surface area contributed by atoms with Gasteiger partial charge in [0, 0.05) is 23.6 Å². The normalized spacial score (nSPS) is 14.2. The summed E-state index contributed by atoms with van der Waals surface area (Å²) in [6.45, 7) is 5.01. The lowest BCUT2D eigenvalue weighted by atomic mass is 10.00. The molecule has 2 aromatic rings. The van der Waals surface area contributed by atoms with Gasteiger partial charge < -0.3 is 43.2 Å². The number of carboxylic acid groups (broad SMARTS) is 1. The Balaban J connectivity index is 2.09. The lowest BCUT2D eigenvalue weighted by Crippen LogP contribution is -2.58. The molecule has 0 aliphatic rings. The number of benzene rings is 1. The molecule has 13 nitrogen and oxygen atoms in total. The van der Waals surface area contributed by atoms with Crippen LogP contribution in [0.25, 0.3) is 10.9 Å². The van der Waals surface area contributed by atoms with Crippen LogP contribution < -0.4 is 33.2 Å². The highest BCUT2D eigenvalue weighted by Gasteiger charge is 2.31. The number of rotatable bonds is 14. The molecule has 1 heterocycles. The number of nitrogens with zero attached hydrogens (tertiary/aromatic N) is 1. The zero-order valence-electron chi connectivity index (χ0n) is 21.9. The molecular weight excluding hydrogens is 492 g/mol. The molecule has 4 atom stereocenters. The maximum absolute atomic E-state index is 13.2. The van der Waals surface area contributed by atoms with E-state index in [1.807, 2.05) is 24.3 Å². The Morgan fingerprint density at radius 1 is 1.00 bits per heavy atom. The van der Waals surface area contributed by atoms with Crippen LogP contribution in [0, 0.1) is 5.92 Å². The van der Waals surface area contributed by atoms with Crippen molar-refractivity contribution in [1.82, 2.24) is 20.9 Å². The van der Waals surface area contributed by atoms with Crippen LogP contribution in [0.1, 0.15) is 39.2 Å². The Morgan fingerprint density at radius 2 is 1.68 bits per heavy atom. The highest BCUT2D eigenvalue weighted by atomic mass is 16.4. The van der Waals surface area contributed by atoms with Crippen LogP contribution in [0.3, 0.4) is 0 Å². The minimum Gasteiger partial charge on any atom is -0.480 e. The van der Waals surface area contributed by atoms with E-state index in [4.69, 9.17) is 22.3 Å². The molecule has 11 N–H and O–H groups in total. The van der Waals surface area contributed by atoms with Crippen molar-refractivity contribution in [2.75, 3.05) is 6.54 Å². The van der Waals surface area contributed by atoms with Crippen molar-refractivity contribution in [3.63, 3.8) is 0 Å². The lowest BCUT2D eigenvalue weighted by Gasteiger charge is -2.26. The largest absolute Gasteiger partial charge is 0.480 e. The van der Waals surface area contributed by atoms with Gasteiger partial charge in [-0.15, -0.1) is 0 Å². The summed E-state index contributed by atoms with van der Waals surface area (Å²) in [5, 5.41) is 17.8. The topological polar surface area (TPSA) is 231 Å². The highest BCUT2D eigenvalue weighted by Crippen LogP contribution is 2.19. The first-order valence-corrected chi connectivity index (χ1v) is 12.4. The molecule has 2 rings (SSSR count). The second-order valence-corrected chi connectivity index (χ2v) is 9.48. The third-order valence-corrected chi connectivity index (χ3v) is 6.01. The van der Waals surface area contributed by atoms with Gasteiger partial charge in [0.25, 0.3) is 0 Å². The molecular formula is C25H38N8O5. The van der Waals surface area contributed by atoms with Crippen LogP contribution in [0.5, 0.6) is 0 Å². The van der Waals surface area contributed by atoms with Gasteiger partial charge in [0.15, 0.2) is 5.96 Å². The van der Waals surface area contributed by atoms with Gasteiger partial charge in [0.2, 0.25) is 17.7 Å². The molecule has 1 aromatic carbocycles. The van der Waals surface area contributed by atoms with E-state index in [1.165, 1.54) is 6.92 Å². The minimum atomic E-state index is -1.22. The number of aliphatic carboxylic acids is 1. The smallest absolute Gasteiger partial charge is 0.325 e. The van der Waals surface area contributed by atoms with E-state index in [0.717, 1.165) is 16.5 Å². The van der Waals surface area contributed by atoms with Gasteiger partial charge in [0.1, 0.15) is 18.1 Å². The van der Waals surface area contributed by atoms with Crippen LogP contribution >= 0.6 is 0 Å². The summed E-state index contributed by atoms with van der Waals surface area (Å²) in [5.41, 5.74) is 18.6. The maximum atomic E-state index is 13.2. The van der Waals surface area contributed by atoms with Crippen LogP contribution in [0.2, 0.25) is 0 Å². The first-order valence-electron chi connectivity index (χ1n) is 12.4. The fraction of sp³-hybridized carbons (Fsp3) is 0.480. The first kappa shape index (κ1) is 30.1. The molecule has 0 saturated carbocycles. The van der Waals surface area contributed by atoms with E-state index in [2.05, 4.69) is 25.9 Å². The maximum Gasteiger partial charge on any atom is 0.325 e. The quantitative estimate of drug-likeness (QED) is 0.0882. The Labute approximate surface area is 221 Å². The predicted octanol–water partition coefficient (Wildman–Crippen LogP) is -0.694. The standard InChI is InChI=1S/C25H38N8O5/c1-13(2)20(33-21(34)17(26)11-15-12-30-18-8-5-4-7-16(15)18)23(36)32-19(9-6-10-29-25(27)28)22(35)31-14(3)24(37)38/h4-5,7-8,12-14,17,19-20,30H,6,9-11,26H2,1-3H3,(H,31,35)(H,32,36)(H,33,34)(H,37,38)(H4,27,28,29). The SMILES string of the molecule is CC(NC(=O)C(CCCN=C(N)N)NC(=O)C(NC(=O)C(N)Cc1c[nH]c2ccccc12)C(C)C)C(=O)O. The number of hydrogen-bond donors (Lipinski definition) is 8. The van der Waals surface area contributed by atoms with Crippen LogP contribution in [-0.2, 0) is 25.6 Å². The summed E-state index contributed by atoms with van der Waals surface area (Å²) in [4.78, 5) is 57.0. The van der Waals surface area contributed by atoms with Crippen LogP contribution in [0.4, 0.5) is 0 Å². The van der Waals surface area contributed by atoms with Gasteiger partial charge >= 0.3 is 5.97 Å². The summed E-state index contributed by atoms with van der Waals surface area (Å²) in [7, 11) is 0. The third kappa shape index (κ3) is 8.76. The van der Waals surface area contributed by atoms with Crippen molar-refractivity contribution in [2.45, 2.75) is 64.2 Å². The number of nitrogens with one attached hydrogen (secondary N) is 4. The Bertz CT molecular complexity index is 1160. The number of nitrogens with two attached hydrogens (primary N) is 3. The minimum absolute atomic E-state index is 0.110. The number of fused-ring (bicyclic) bond motifs is 1. The van der Waals surface area contributed by atoms with Gasteiger partial charge in [-0.1, -0.05) is 32.0 Å². The number of carbonyl (C=O) groups excluding carboxylic acids is 3. The number of para-hydroxylation sites is 1. The van der Waals surface area contributed by atoms with Gasteiger partial charge in [0.05, 0.1) is 6.04 Å². The molecule has 1 aromatic heterocycles. The van der Waals surface area contributed by atoms with Gasteiger partial charge in [-0.3, -0.25) is 24.2 Å². The number of aromatic amines is 1. The molecule has 0 saturated heterocycles. The zero-order chi connectivity index (χ0) is 28.4. The van der Waals surface area contributed by atoms with Crippen molar-refractivity contribution in [3.05, 3.63) is 36.0 Å². The summed E-state index contributed by atoms with van der Waals surface area (Å²) in [6.07, 6.45) is 2.53. The molecule has 13 heteroatoms. The van der Waals surface area contributed by atoms with E-state index in [1.54, 1.807) is 20.0 Å².